The number of ketones is 1. The summed E-state index contributed by atoms with van der Waals surface area (Å²) in [5.41, 5.74) is 0.131. The van der Waals surface area contributed by atoms with E-state index in [2.05, 4.69) is 4.98 Å². The van der Waals surface area contributed by atoms with Crippen molar-refractivity contribution >= 4 is 5.78 Å². The molecular formula is C15H12F3NO2. The third kappa shape index (κ3) is 3.81. The Bertz CT molecular complexity index is 636. The van der Waals surface area contributed by atoms with E-state index in [9.17, 15) is 18.0 Å². The van der Waals surface area contributed by atoms with Crippen molar-refractivity contribution in [3.63, 3.8) is 0 Å². The van der Waals surface area contributed by atoms with Crippen molar-refractivity contribution in [3.8, 4) is 5.75 Å². The topological polar surface area (TPSA) is 39.2 Å². The summed E-state index contributed by atoms with van der Waals surface area (Å²) in [7, 11) is 1.46. The van der Waals surface area contributed by atoms with Crippen LogP contribution in [-0.4, -0.2) is 17.9 Å². The van der Waals surface area contributed by atoms with E-state index in [1.807, 2.05) is 0 Å². The third-order valence-corrected chi connectivity index (χ3v) is 2.92. The van der Waals surface area contributed by atoms with Crippen molar-refractivity contribution in [2.24, 2.45) is 0 Å². The van der Waals surface area contributed by atoms with Gasteiger partial charge in [-0.2, -0.15) is 13.2 Å². The van der Waals surface area contributed by atoms with Crippen LogP contribution in [0.3, 0.4) is 0 Å². The molecule has 0 aliphatic heterocycles. The molecule has 6 heteroatoms. The molecule has 0 saturated heterocycles. The highest BCUT2D eigenvalue weighted by Crippen LogP contribution is 2.29. The van der Waals surface area contributed by atoms with Gasteiger partial charge in [0.05, 0.1) is 18.9 Å². The normalized spacial score (nSPS) is 11.2. The van der Waals surface area contributed by atoms with E-state index in [0.717, 1.165) is 12.1 Å². The van der Waals surface area contributed by atoms with Crippen LogP contribution < -0.4 is 4.74 Å². The number of methoxy groups -OCH3 is 1. The number of halogens is 3. The molecule has 0 aliphatic rings. The Morgan fingerprint density at radius 1 is 1.19 bits per heavy atom. The molecule has 0 bridgehead atoms. The largest absolute Gasteiger partial charge is 0.495 e. The molecule has 0 fully saturated rings. The van der Waals surface area contributed by atoms with E-state index >= 15 is 0 Å². The number of pyridine rings is 1. The molecule has 2 rings (SSSR count). The number of ether oxygens (including phenoxy) is 1. The summed E-state index contributed by atoms with van der Waals surface area (Å²) in [4.78, 5) is 15.9. The van der Waals surface area contributed by atoms with Gasteiger partial charge in [-0.25, -0.2) is 0 Å². The maximum absolute atomic E-state index is 12.4. The Morgan fingerprint density at radius 2 is 1.86 bits per heavy atom. The Morgan fingerprint density at radius 3 is 2.43 bits per heavy atom. The maximum atomic E-state index is 12.4. The molecule has 1 aromatic carbocycles. The van der Waals surface area contributed by atoms with Gasteiger partial charge in [-0.05, 0) is 23.8 Å². The fourth-order valence-corrected chi connectivity index (χ4v) is 1.78. The Hall–Kier alpha value is -2.37. The van der Waals surface area contributed by atoms with Crippen LogP contribution in [0.5, 0.6) is 5.75 Å². The lowest BCUT2D eigenvalue weighted by molar-refractivity contribution is -0.137. The molecule has 110 valence electrons. The van der Waals surface area contributed by atoms with Gasteiger partial charge in [-0.1, -0.05) is 12.1 Å². The highest BCUT2D eigenvalue weighted by atomic mass is 19.4. The average molecular weight is 295 g/mol. The predicted molar refractivity (Wildman–Crippen MR) is 70.3 cm³/mol. The third-order valence-electron chi connectivity index (χ3n) is 2.92. The zero-order valence-electron chi connectivity index (χ0n) is 11.1. The maximum Gasteiger partial charge on any atom is 0.416 e. The van der Waals surface area contributed by atoms with Gasteiger partial charge in [0.2, 0.25) is 0 Å². The monoisotopic (exact) mass is 295 g/mol. The van der Waals surface area contributed by atoms with E-state index in [1.54, 1.807) is 6.07 Å². The molecule has 3 nitrogen and oxygen atoms in total. The van der Waals surface area contributed by atoms with Crippen LogP contribution in [0.15, 0.2) is 42.7 Å². The van der Waals surface area contributed by atoms with Crippen molar-refractivity contribution in [3.05, 3.63) is 59.4 Å². The molecule has 0 N–H and O–H groups in total. The molecule has 21 heavy (non-hydrogen) atoms. The van der Waals surface area contributed by atoms with Crippen molar-refractivity contribution < 1.29 is 22.7 Å². The van der Waals surface area contributed by atoms with Crippen LogP contribution in [0.2, 0.25) is 0 Å². The number of carbonyl (C=O) groups excluding carboxylic acids is 1. The van der Waals surface area contributed by atoms with Gasteiger partial charge in [-0.3, -0.25) is 9.78 Å². The van der Waals surface area contributed by atoms with Crippen molar-refractivity contribution in [2.75, 3.05) is 7.11 Å². The summed E-state index contributed by atoms with van der Waals surface area (Å²) >= 11 is 0. The minimum absolute atomic E-state index is 0.00693. The lowest BCUT2D eigenvalue weighted by atomic mass is 10.0. The van der Waals surface area contributed by atoms with Crippen molar-refractivity contribution in [1.29, 1.82) is 0 Å². The molecule has 1 aromatic heterocycles. The fourth-order valence-electron chi connectivity index (χ4n) is 1.78. The molecule has 0 amide bonds. The minimum atomic E-state index is -4.38. The first-order valence-corrected chi connectivity index (χ1v) is 6.08. The van der Waals surface area contributed by atoms with Gasteiger partial charge in [0, 0.05) is 18.2 Å². The highest BCUT2D eigenvalue weighted by Gasteiger charge is 2.29. The van der Waals surface area contributed by atoms with Crippen molar-refractivity contribution in [2.45, 2.75) is 12.6 Å². The van der Waals surface area contributed by atoms with Crippen LogP contribution in [0.4, 0.5) is 13.2 Å². The quantitative estimate of drug-likeness (QED) is 0.810. The Balaban J connectivity index is 2.12. The highest BCUT2D eigenvalue weighted by molar-refractivity contribution is 5.97. The molecule has 0 atom stereocenters. The van der Waals surface area contributed by atoms with Gasteiger partial charge in [0.15, 0.2) is 5.78 Å². The van der Waals surface area contributed by atoms with Crippen molar-refractivity contribution in [1.82, 2.24) is 4.98 Å². The van der Waals surface area contributed by atoms with Gasteiger partial charge < -0.3 is 4.74 Å². The fraction of sp³-hybridized carbons (Fsp3) is 0.200. The number of carbonyl (C=O) groups is 1. The van der Waals surface area contributed by atoms with Crippen LogP contribution in [0, 0.1) is 0 Å². The number of hydrogen-bond donors (Lipinski definition) is 0. The van der Waals surface area contributed by atoms with Gasteiger partial charge in [-0.15, -0.1) is 0 Å². The lowest BCUT2D eigenvalue weighted by Crippen LogP contribution is -2.07. The SMILES string of the molecule is COc1cncc(C(=O)Cc2ccc(C(F)(F)F)cc2)c1. The average Bonchev–Trinajstić information content (AvgIpc) is 2.47. The number of aromatic nitrogens is 1. The zero-order chi connectivity index (χ0) is 15.5. The zero-order valence-corrected chi connectivity index (χ0v) is 11.1. The van der Waals surface area contributed by atoms with Crippen LogP contribution in [-0.2, 0) is 12.6 Å². The second-order valence-electron chi connectivity index (χ2n) is 4.41. The van der Waals surface area contributed by atoms with Crippen LogP contribution in [0.1, 0.15) is 21.5 Å². The number of nitrogens with zero attached hydrogens (tertiary/aromatic N) is 1. The molecule has 0 spiro atoms. The molecular weight excluding hydrogens is 283 g/mol. The van der Waals surface area contributed by atoms with E-state index in [-0.39, 0.29) is 12.2 Å². The smallest absolute Gasteiger partial charge is 0.416 e. The molecule has 0 aliphatic carbocycles. The van der Waals surface area contributed by atoms with E-state index in [1.165, 1.54) is 31.6 Å². The van der Waals surface area contributed by atoms with Gasteiger partial charge in [0.1, 0.15) is 5.75 Å². The number of alkyl halides is 3. The molecule has 0 radical (unpaired) electrons. The van der Waals surface area contributed by atoms with Gasteiger partial charge >= 0.3 is 6.18 Å². The van der Waals surface area contributed by atoms with Crippen LogP contribution in [0.25, 0.3) is 0 Å². The standard InChI is InChI=1S/C15H12F3NO2/c1-21-13-7-11(8-19-9-13)14(20)6-10-2-4-12(5-3-10)15(16,17)18/h2-5,7-9H,6H2,1H3. The predicted octanol–water partition coefficient (Wildman–Crippen LogP) is 3.53. The molecule has 2 aromatic rings. The minimum Gasteiger partial charge on any atom is -0.495 e. The molecule has 1 heterocycles. The lowest BCUT2D eigenvalue weighted by Gasteiger charge is -2.07. The van der Waals surface area contributed by atoms with E-state index < -0.39 is 11.7 Å². The second-order valence-corrected chi connectivity index (χ2v) is 4.41. The van der Waals surface area contributed by atoms with E-state index in [0.29, 0.717) is 16.9 Å². The Labute approximate surface area is 119 Å². The first-order valence-electron chi connectivity index (χ1n) is 6.08. The number of Topliss-reactive ketones (excluding diaryl/α,β-unsaturated/α-hetero) is 1. The first kappa shape index (κ1) is 15.0. The number of benzene rings is 1. The number of hydrogen-bond acceptors (Lipinski definition) is 3. The molecule has 0 unspecified atom stereocenters. The van der Waals surface area contributed by atoms with E-state index in [4.69, 9.17) is 4.74 Å². The summed E-state index contributed by atoms with van der Waals surface area (Å²) in [5.74, 6) is 0.217. The first-order chi connectivity index (χ1) is 9.90. The summed E-state index contributed by atoms with van der Waals surface area (Å²) in [6, 6.07) is 6.07. The summed E-state index contributed by atoms with van der Waals surface area (Å²) in [6.45, 7) is 0. The summed E-state index contributed by atoms with van der Waals surface area (Å²) in [6.07, 6.45) is -1.50. The summed E-state index contributed by atoms with van der Waals surface area (Å²) < 4.78 is 42.3. The van der Waals surface area contributed by atoms with Crippen LogP contribution >= 0.6 is 0 Å². The Kier molecular flexibility index (Phi) is 4.26. The number of rotatable bonds is 4. The summed E-state index contributed by atoms with van der Waals surface area (Å²) in [5, 5.41) is 0. The second kappa shape index (κ2) is 5.95. The van der Waals surface area contributed by atoms with Gasteiger partial charge in [0.25, 0.3) is 0 Å². The molecule has 0 saturated carbocycles.